The Morgan fingerprint density at radius 3 is 2.06 bits per heavy atom. The summed E-state index contributed by atoms with van der Waals surface area (Å²) >= 11 is 0. The van der Waals surface area contributed by atoms with Crippen molar-refractivity contribution in [1.29, 1.82) is 0 Å². The highest BCUT2D eigenvalue weighted by Crippen LogP contribution is 2.35. The number of alkyl halides is 6. The van der Waals surface area contributed by atoms with Gasteiger partial charge in [0.2, 0.25) is 0 Å². The Balaban J connectivity index is 4.47. The first kappa shape index (κ1) is 14.8. The van der Waals surface area contributed by atoms with Crippen LogP contribution in [0, 0.1) is 0 Å². The number of hydrogen-bond donors (Lipinski definition) is 0. The Hall–Kier alpha value is -1.21. The van der Waals surface area contributed by atoms with E-state index in [4.69, 9.17) is 0 Å². The molecule has 0 amide bonds. The summed E-state index contributed by atoms with van der Waals surface area (Å²) in [6.45, 7) is 1.89. The quantitative estimate of drug-likeness (QED) is 0.426. The zero-order chi connectivity index (χ0) is 13.1. The highest BCUT2D eigenvalue weighted by molar-refractivity contribution is 5.90. The van der Waals surface area contributed by atoms with Gasteiger partial charge in [-0.05, 0) is 0 Å². The van der Waals surface area contributed by atoms with E-state index in [-0.39, 0.29) is 0 Å². The van der Waals surface area contributed by atoms with Crippen LogP contribution < -0.4 is 0 Å². The maximum absolute atomic E-state index is 12.6. The fraction of sp³-hybridized carbons (Fsp3) is 0.625. The Bertz CT molecular complexity index is 283. The molecule has 0 aromatic rings. The van der Waals surface area contributed by atoms with Crippen molar-refractivity contribution >= 4 is 5.78 Å². The third-order valence-corrected chi connectivity index (χ3v) is 1.49. The number of carbonyl (C=O) groups is 1. The molecule has 0 aromatic carbocycles. The molecule has 2 nitrogen and oxygen atoms in total. The zero-order valence-corrected chi connectivity index (χ0v) is 8.08. The van der Waals surface area contributed by atoms with Crippen molar-refractivity contribution in [3.63, 3.8) is 0 Å². The van der Waals surface area contributed by atoms with Crippen LogP contribution in [-0.4, -0.2) is 30.7 Å². The monoisotopic (exact) mass is 250 g/mol. The van der Waals surface area contributed by atoms with Crippen LogP contribution in [0.1, 0.15) is 6.92 Å². The highest BCUT2D eigenvalue weighted by atomic mass is 19.4. The van der Waals surface area contributed by atoms with E-state index in [0.29, 0.717) is 0 Å². The van der Waals surface area contributed by atoms with Gasteiger partial charge in [0.15, 0.2) is 18.1 Å². The van der Waals surface area contributed by atoms with Gasteiger partial charge < -0.3 is 4.74 Å². The first-order valence-electron chi connectivity index (χ1n) is 3.89. The lowest BCUT2D eigenvalue weighted by Crippen LogP contribution is -2.44. The number of ether oxygens (including phenoxy) is 1. The summed E-state index contributed by atoms with van der Waals surface area (Å²) in [5.74, 6) is -6.36. The third-order valence-electron chi connectivity index (χ3n) is 1.49. The Morgan fingerprint density at radius 2 is 1.75 bits per heavy atom. The topological polar surface area (TPSA) is 26.3 Å². The van der Waals surface area contributed by atoms with E-state index in [0.717, 1.165) is 6.92 Å². The van der Waals surface area contributed by atoms with E-state index >= 15 is 0 Å². The zero-order valence-electron chi connectivity index (χ0n) is 8.08. The number of hydrogen-bond acceptors (Lipinski definition) is 2. The molecule has 0 aliphatic carbocycles. The summed E-state index contributed by atoms with van der Waals surface area (Å²) in [6.07, 6.45) is -10.0. The van der Waals surface area contributed by atoms with Crippen LogP contribution >= 0.6 is 0 Å². The lowest BCUT2D eigenvalue weighted by molar-refractivity contribution is -0.252. The van der Waals surface area contributed by atoms with Gasteiger partial charge in [0.25, 0.3) is 6.17 Å². The maximum Gasteiger partial charge on any atom is 0.425 e. The van der Waals surface area contributed by atoms with Crippen molar-refractivity contribution in [3.05, 3.63) is 12.3 Å². The number of carbonyl (C=O) groups excluding carboxylic acids is 1. The van der Waals surface area contributed by atoms with Gasteiger partial charge in [0, 0.05) is 6.92 Å². The Labute approximate surface area is 86.9 Å². The van der Waals surface area contributed by atoms with Gasteiger partial charge in [-0.1, -0.05) is 6.58 Å². The second kappa shape index (κ2) is 4.75. The van der Waals surface area contributed by atoms with Gasteiger partial charge in [0.1, 0.15) is 0 Å². The van der Waals surface area contributed by atoms with Gasteiger partial charge >= 0.3 is 12.1 Å². The second-order valence-electron chi connectivity index (χ2n) is 2.93. The minimum absolute atomic E-state index is 0.756. The van der Waals surface area contributed by atoms with Gasteiger partial charge in [-0.25, -0.2) is 4.39 Å². The van der Waals surface area contributed by atoms with E-state index in [9.17, 15) is 31.1 Å². The standard InChI is InChI=1S/C8H8F6O2/c1-4(15)5(2)16-3-7(10,11)6(9)8(12,13)14/h6H,2-3H2,1H3/t6-/m1/s1. The van der Waals surface area contributed by atoms with Crippen LogP contribution in [0.5, 0.6) is 0 Å². The molecule has 16 heavy (non-hydrogen) atoms. The van der Waals surface area contributed by atoms with Crippen molar-refractivity contribution < 1.29 is 35.9 Å². The molecule has 8 heteroatoms. The molecular formula is C8H8F6O2. The number of allylic oxidation sites excluding steroid dienone is 1. The molecule has 0 radical (unpaired) electrons. The molecular weight excluding hydrogens is 242 g/mol. The first-order chi connectivity index (χ1) is 6.98. The number of Topliss-reactive ketones (excluding diaryl/α,β-unsaturated/α-hetero) is 1. The summed E-state index contributed by atoms with van der Waals surface area (Å²) in [7, 11) is 0. The van der Waals surface area contributed by atoms with Crippen LogP contribution in [0.3, 0.4) is 0 Å². The van der Waals surface area contributed by atoms with Crippen LogP contribution in [-0.2, 0) is 9.53 Å². The second-order valence-corrected chi connectivity index (χ2v) is 2.93. The number of rotatable bonds is 5. The molecule has 0 aliphatic heterocycles. The molecule has 0 aliphatic rings. The highest BCUT2D eigenvalue weighted by Gasteiger charge is 2.57. The van der Waals surface area contributed by atoms with Crippen molar-refractivity contribution in [3.8, 4) is 0 Å². The van der Waals surface area contributed by atoms with Crippen molar-refractivity contribution in [2.24, 2.45) is 0 Å². The fourth-order valence-electron chi connectivity index (χ4n) is 0.598. The van der Waals surface area contributed by atoms with Crippen LogP contribution in [0.25, 0.3) is 0 Å². The maximum atomic E-state index is 12.6. The Morgan fingerprint density at radius 1 is 1.31 bits per heavy atom. The van der Waals surface area contributed by atoms with Crippen LogP contribution in [0.15, 0.2) is 12.3 Å². The molecule has 0 spiro atoms. The van der Waals surface area contributed by atoms with Gasteiger partial charge in [-0.3, -0.25) is 4.79 Å². The minimum atomic E-state index is -5.69. The molecule has 0 bridgehead atoms. The minimum Gasteiger partial charge on any atom is -0.484 e. The normalized spacial score (nSPS) is 14.4. The van der Waals surface area contributed by atoms with E-state index in [1.54, 1.807) is 0 Å². The molecule has 0 rings (SSSR count). The van der Waals surface area contributed by atoms with Gasteiger partial charge in [-0.2, -0.15) is 22.0 Å². The van der Waals surface area contributed by atoms with E-state index < -0.39 is 36.4 Å². The van der Waals surface area contributed by atoms with Crippen LogP contribution in [0.2, 0.25) is 0 Å². The van der Waals surface area contributed by atoms with Crippen molar-refractivity contribution in [2.75, 3.05) is 6.61 Å². The average Bonchev–Trinajstić information content (AvgIpc) is 2.11. The Kier molecular flexibility index (Phi) is 4.39. The molecule has 0 heterocycles. The smallest absolute Gasteiger partial charge is 0.425 e. The summed E-state index contributed by atoms with van der Waals surface area (Å²) in [5, 5.41) is 0. The van der Waals surface area contributed by atoms with Crippen molar-refractivity contribution in [2.45, 2.75) is 25.2 Å². The summed E-state index contributed by atoms with van der Waals surface area (Å²) < 4.78 is 76.2. The molecule has 0 saturated heterocycles. The van der Waals surface area contributed by atoms with E-state index in [1.807, 2.05) is 0 Å². The van der Waals surface area contributed by atoms with Gasteiger partial charge in [0.05, 0.1) is 0 Å². The first-order valence-corrected chi connectivity index (χ1v) is 3.89. The SMILES string of the molecule is C=C(OCC(F)(F)[C@@H](F)C(F)(F)F)C(C)=O. The summed E-state index contributed by atoms with van der Waals surface area (Å²) in [5.41, 5.74) is 0. The lowest BCUT2D eigenvalue weighted by Gasteiger charge is -2.22. The molecule has 94 valence electrons. The number of halogens is 6. The van der Waals surface area contributed by atoms with Crippen molar-refractivity contribution in [1.82, 2.24) is 0 Å². The lowest BCUT2D eigenvalue weighted by atomic mass is 10.2. The molecule has 0 unspecified atom stereocenters. The van der Waals surface area contributed by atoms with Crippen LogP contribution in [0.4, 0.5) is 26.3 Å². The fourth-order valence-corrected chi connectivity index (χ4v) is 0.598. The predicted molar refractivity (Wildman–Crippen MR) is 41.7 cm³/mol. The molecule has 0 aromatic heterocycles. The molecule has 0 fully saturated rings. The van der Waals surface area contributed by atoms with E-state index in [1.165, 1.54) is 0 Å². The van der Waals surface area contributed by atoms with E-state index in [2.05, 4.69) is 11.3 Å². The summed E-state index contributed by atoms with van der Waals surface area (Å²) in [6, 6.07) is 0. The summed E-state index contributed by atoms with van der Waals surface area (Å²) in [4.78, 5) is 10.4. The van der Waals surface area contributed by atoms with Gasteiger partial charge in [-0.15, -0.1) is 0 Å². The average molecular weight is 250 g/mol. The molecule has 0 N–H and O–H groups in total. The molecule has 1 atom stereocenters. The predicted octanol–water partition coefficient (Wildman–Crippen LogP) is 2.64. The third kappa shape index (κ3) is 4.11. The largest absolute Gasteiger partial charge is 0.484 e. The number of ketones is 1. The molecule has 0 saturated carbocycles.